The van der Waals surface area contributed by atoms with Gasteiger partial charge >= 0.3 is 0 Å². The van der Waals surface area contributed by atoms with Gasteiger partial charge < -0.3 is 9.53 Å². The highest BCUT2D eigenvalue weighted by Gasteiger charge is 2.01. The molecule has 0 aromatic carbocycles. The van der Waals surface area contributed by atoms with Crippen LogP contribution in [0.4, 0.5) is 0 Å². The second-order valence-corrected chi connectivity index (χ2v) is 2.36. The lowest BCUT2D eigenvalue weighted by Crippen LogP contribution is -1.95. The molecule has 0 saturated carbocycles. The Bertz CT molecular complexity index is 260. The summed E-state index contributed by atoms with van der Waals surface area (Å²) in [6, 6.07) is 3.65. The highest BCUT2D eigenvalue weighted by molar-refractivity contribution is 5.50. The minimum atomic E-state index is 0.493. The molecule has 12 heavy (non-hydrogen) atoms. The Kier molecular flexibility index (Phi) is 3.26. The lowest BCUT2D eigenvalue weighted by atomic mass is 10.2. The fourth-order valence-corrected chi connectivity index (χ4v) is 0.992. The number of carbonyl (C=O) groups is 1. The second kappa shape index (κ2) is 4.49. The van der Waals surface area contributed by atoms with Gasteiger partial charge in [-0.05, 0) is 18.6 Å². The number of aryl methyl sites for hydroxylation is 1. The number of aromatic nitrogens is 1. The molecule has 0 atom stereocenters. The molecule has 0 bridgehead atoms. The number of carbonyl (C=O) groups excluding carboxylic acids is 1. The van der Waals surface area contributed by atoms with E-state index in [9.17, 15) is 4.79 Å². The van der Waals surface area contributed by atoms with Gasteiger partial charge in [0.1, 0.15) is 12.0 Å². The molecule has 1 heterocycles. The molecular formula is C9H11NO2. The molecule has 1 rings (SSSR count). The summed E-state index contributed by atoms with van der Waals surface area (Å²) >= 11 is 0. The Balaban J connectivity index is 2.74. The van der Waals surface area contributed by atoms with Gasteiger partial charge in [-0.3, -0.25) is 4.98 Å². The molecular weight excluding hydrogens is 154 g/mol. The van der Waals surface area contributed by atoms with Gasteiger partial charge in [-0.25, -0.2) is 0 Å². The highest BCUT2D eigenvalue weighted by Crippen LogP contribution is 2.15. The van der Waals surface area contributed by atoms with Crippen LogP contribution in [0.2, 0.25) is 0 Å². The zero-order valence-electron chi connectivity index (χ0n) is 6.99. The van der Waals surface area contributed by atoms with Crippen LogP contribution in [0.25, 0.3) is 0 Å². The topological polar surface area (TPSA) is 39.2 Å². The number of hydrogen-bond donors (Lipinski definition) is 0. The summed E-state index contributed by atoms with van der Waals surface area (Å²) in [6.45, 7) is 0. The lowest BCUT2D eigenvalue weighted by Gasteiger charge is -2.03. The van der Waals surface area contributed by atoms with Gasteiger partial charge in [0.2, 0.25) is 0 Å². The average molecular weight is 165 g/mol. The third-order valence-corrected chi connectivity index (χ3v) is 1.57. The summed E-state index contributed by atoms with van der Waals surface area (Å²) in [4.78, 5) is 14.2. The van der Waals surface area contributed by atoms with Crippen molar-refractivity contribution < 1.29 is 9.53 Å². The quantitative estimate of drug-likeness (QED) is 0.630. The van der Waals surface area contributed by atoms with Gasteiger partial charge in [-0.15, -0.1) is 0 Å². The Morgan fingerprint density at radius 3 is 3.17 bits per heavy atom. The molecule has 1 aromatic heterocycles. The number of pyridine rings is 1. The van der Waals surface area contributed by atoms with Gasteiger partial charge in [0.05, 0.1) is 12.8 Å². The van der Waals surface area contributed by atoms with Crippen LogP contribution >= 0.6 is 0 Å². The van der Waals surface area contributed by atoms with Crippen molar-refractivity contribution in [1.82, 2.24) is 4.98 Å². The maximum atomic E-state index is 10.1. The van der Waals surface area contributed by atoms with E-state index in [1.54, 1.807) is 13.3 Å². The highest BCUT2D eigenvalue weighted by atomic mass is 16.5. The van der Waals surface area contributed by atoms with E-state index in [0.717, 1.165) is 17.7 Å². The largest absolute Gasteiger partial charge is 0.495 e. The average Bonchev–Trinajstić information content (AvgIpc) is 2.15. The first-order valence-electron chi connectivity index (χ1n) is 3.80. The molecule has 1 aromatic rings. The molecule has 0 radical (unpaired) electrons. The molecule has 3 heteroatoms. The van der Waals surface area contributed by atoms with Crippen molar-refractivity contribution in [2.45, 2.75) is 12.8 Å². The number of ether oxygens (including phenoxy) is 1. The smallest absolute Gasteiger partial charge is 0.140 e. The monoisotopic (exact) mass is 165 g/mol. The zero-order chi connectivity index (χ0) is 8.81. The molecule has 0 amide bonds. The molecule has 0 fully saturated rings. The molecule has 0 aliphatic carbocycles. The zero-order valence-corrected chi connectivity index (χ0v) is 6.99. The van der Waals surface area contributed by atoms with Gasteiger partial charge in [-0.1, -0.05) is 0 Å². The summed E-state index contributed by atoms with van der Waals surface area (Å²) in [5, 5.41) is 0. The van der Waals surface area contributed by atoms with Crippen molar-refractivity contribution in [3.05, 3.63) is 24.0 Å². The standard InChI is InChI=1S/C9H11NO2/c1-12-9-5-2-6-10-8(9)4-3-7-11/h2,5-7H,3-4H2,1H3. The molecule has 0 aliphatic heterocycles. The van der Waals surface area contributed by atoms with Crippen LogP contribution in [0.5, 0.6) is 5.75 Å². The fourth-order valence-electron chi connectivity index (χ4n) is 0.992. The summed E-state index contributed by atoms with van der Waals surface area (Å²) in [5.74, 6) is 0.749. The van der Waals surface area contributed by atoms with E-state index in [1.165, 1.54) is 0 Å². The number of hydrogen-bond acceptors (Lipinski definition) is 3. The van der Waals surface area contributed by atoms with E-state index >= 15 is 0 Å². The Morgan fingerprint density at radius 1 is 1.67 bits per heavy atom. The van der Waals surface area contributed by atoms with Gasteiger partial charge in [0.25, 0.3) is 0 Å². The molecule has 0 spiro atoms. The van der Waals surface area contributed by atoms with Crippen molar-refractivity contribution in [3.8, 4) is 5.75 Å². The number of methoxy groups -OCH3 is 1. The van der Waals surface area contributed by atoms with Crippen LogP contribution in [0, 0.1) is 0 Å². The Labute approximate surface area is 71.4 Å². The maximum absolute atomic E-state index is 10.1. The van der Waals surface area contributed by atoms with Crippen molar-refractivity contribution >= 4 is 6.29 Å². The summed E-state index contributed by atoms with van der Waals surface area (Å²) < 4.78 is 5.06. The lowest BCUT2D eigenvalue weighted by molar-refractivity contribution is -0.107. The van der Waals surface area contributed by atoms with E-state index < -0.39 is 0 Å². The van der Waals surface area contributed by atoms with Gasteiger partial charge in [0, 0.05) is 12.6 Å². The molecule has 0 N–H and O–H groups in total. The van der Waals surface area contributed by atoms with Gasteiger partial charge in [-0.2, -0.15) is 0 Å². The van der Waals surface area contributed by atoms with Crippen molar-refractivity contribution in [2.24, 2.45) is 0 Å². The summed E-state index contributed by atoms with van der Waals surface area (Å²) in [7, 11) is 1.60. The van der Waals surface area contributed by atoms with Crippen LogP contribution in [0.1, 0.15) is 12.1 Å². The maximum Gasteiger partial charge on any atom is 0.140 e. The molecule has 64 valence electrons. The molecule has 0 unspecified atom stereocenters. The normalized spacial score (nSPS) is 9.42. The number of aldehydes is 1. The van der Waals surface area contributed by atoms with E-state index in [-0.39, 0.29) is 0 Å². The number of rotatable bonds is 4. The molecule has 0 aliphatic rings. The van der Waals surface area contributed by atoms with E-state index in [2.05, 4.69) is 4.98 Å². The third kappa shape index (κ3) is 2.05. The van der Waals surface area contributed by atoms with E-state index in [4.69, 9.17) is 4.74 Å². The fraction of sp³-hybridized carbons (Fsp3) is 0.333. The first kappa shape index (κ1) is 8.71. The molecule has 3 nitrogen and oxygen atoms in total. The van der Waals surface area contributed by atoms with E-state index in [0.29, 0.717) is 12.8 Å². The van der Waals surface area contributed by atoms with Gasteiger partial charge in [0.15, 0.2) is 0 Å². The second-order valence-electron chi connectivity index (χ2n) is 2.36. The van der Waals surface area contributed by atoms with Crippen LogP contribution in [0.3, 0.4) is 0 Å². The van der Waals surface area contributed by atoms with E-state index in [1.807, 2.05) is 12.1 Å². The van der Waals surface area contributed by atoms with Crippen molar-refractivity contribution in [3.63, 3.8) is 0 Å². The first-order valence-corrected chi connectivity index (χ1v) is 3.80. The van der Waals surface area contributed by atoms with Crippen molar-refractivity contribution in [1.29, 1.82) is 0 Å². The Morgan fingerprint density at radius 2 is 2.50 bits per heavy atom. The predicted octanol–water partition coefficient (Wildman–Crippen LogP) is 1.22. The van der Waals surface area contributed by atoms with Crippen LogP contribution < -0.4 is 4.74 Å². The summed E-state index contributed by atoms with van der Waals surface area (Å²) in [5.41, 5.74) is 0.840. The minimum Gasteiger partial charge on any atom is -0.495 e. The third-order valence-electron chi connectivity index (χ3n) is 1.57. The van der Waals surface area contributed by atoms with Crippen molar-refractivity contribution in [2.75, 3.05) is 7.11 Å². The van der Waals surface area contributed by atoms with Crippen LogP contribution in [0.15, 0.2) is 18.3 Å². The predicted molar refractivity (Wildman–Crippen MR) is 45.2 cm³/mol. The number of nitrogens with zero attached hydrogens (tertiary/aromatic N) is 1. The summed E-state index contributed by atoms with van der Waals surface area (Å²) in [6.07, 6.45) is 3.72. The minimum absolute atomic E-state index is 0.493. The first-order chi connectivity index (χ1) is 5.88. The molecule has 0 saturated heterocycles. The van der Waals surface area contributed by atoms with Crippen LogP contribution in [-0.2, 0) is 11.2 Å². The Hall–Kier alpha value is -1.38. The van der Waals surface area contributed by atoms with Crippen LogP contribution in [-0.4, -0.2) is 18.4 Å². The SMILES string of the molecule is COc1cccnc1CCC=O.